The number of halogens is 2. The normalized spacial score (nSPS) is 17.7. The highest BCUT2D eigenvalue weighted by atomic mass is 35.5. The largest absolute Gasteiger partial charge is 0.339 e. The molecule has 3 rings (SSSR count). The molecule has 1 aromatic carbocycles. The molecule has 6 heteroatoms. The Labute approximate surface area is 152 Å². The van der Waals surface area contributed by atoms with E-state index in [-0.39, 0.29) is 18.4 Å². The number of carbonyl (C=O) groups is 1. The maximum atomic E-state index is 14.0. The van der Waals surface area contributed by atoms with Crippen LogP contribution in [-0.4, -0.2) is 32.9 Å². The maximum absolute atomic E-state index is 14.0. The summed E-state index contributed by atoms with van der Waals surface area (Å²) in [7, 11) is 0. The second-order valence-corrected chi connectivity index (χ2v) is 6.98. The average molecular weight is 364 g/mol. The molecule has 0 aliphatic carbocycles. The summed E-state index contributed by atoms with van der Waals surface area (Å²) in [6.07, 6.45) is 7.77. The molecule has 1 saturated heterocycles. The van der Waals surface area contributed by atoms with Gasteiger partial charge in [-0.05, 0) is 44.7 Å². The van der Waals surface area contributed by atoms with Gasteiger partial charge in [-0.3, -0.25) is 4.79 Å². The minimum absolute atomic E-state index is 0.0200. The van der Waals surface area contributed by atoms with E-state index in [0.29, 0.717) is 10.6 Å². The molecule has 134 valence electrons. The first-order valence-electron chi connectivity index (χ1n) is 8.76. The van der Waals surface area contributed by atoms with Crippen molar-refractivity contribution in [1.29, 1.82) is 0 Å². The van der Waals surface area contributed by atoms with E-state index in [1.54, 1.807) is 18.3 Å². The van der Waals surface area contributed by atoms with Crippen molar-refractivity contribution in [2.75, 3.05) is 6.54 Å². The van der Waals surface area contributed by atoms with E-state index in [9.17, 15) is 9.18 Å². The molecule has 0 saturated carbocycles. The fourth-order valence-corrected chi connectivity index (χ4v) is 3.74. The van der Waals surface area contributed by atoms with Gasteiger partial charge in [-0.15, -0.1) is 0 Å². The first kappa shape index (κ1) is 17.9. The molecule has 0 bridgehead atoms. The fourth-order valence-electron chi connectivity index (χ4n) is 3.51. The van der Waals surface area contributed by atoms with Crippen LogP contribution in [0.5, 0.6) is 0 Å². The van der Waals surface area contributed by atoms with E-state index >= 15 is 0 Å². The molecule has 1 atom stereocenters. The van der Waals surface area contributed by atoms with Gasteiger partial charge < -0.3 is 9.47 Å². The van der Waals surface area contributed by atoms with Crippen molar-refractivity contribution in [1.82, 2.24) is 14.5 Å². The number of rotatable bonds is 5. The van der Waals surface area contributed by atoms with E-state index < -0.39 is 5.82 Å². The molecule has 1 amide bonds. The summed E-state index contributed by atoms with van der Waals surface area (Å²) < 4.78 is 16.1. The SMILES string of the molecule is Cc1nccn1CCC1CCCCN1C(=O)Cc1c(F)cccc1Cl. The Morgan fingerprint density at radius 1 is 1.40 bits per heavy atom. The number of piperidine rings is 1. The fraction of sp³-hybridized carbons (Fsp3) is 0.474. The monoisotopic (exact) mass is 363 g/mol. The second-order valence-electron chi connectivity index (χ2n) is 6.57. The summed E-state index contributed by atoms with van der Waals surface area (Å²) in [6, 6.07) is 4.73. The van der Waals surface area contributed by atoms with Crippen LogP contribution >= 0.6 is 11.6 Å². The Bertz CT molecular complexity index is 726. The summed E-state index contributed by atoms with van der Waals surface area (Å²) >= 11 is 6.07. The zero-order chi connectivity index (χ0) is 17.8. The van der Waals surface area contributed by atoms with Crippen LogP contribution < -0.4 is 0 Å². The second kappa shape index (κ2) is 8.00. The number of benzene rings is 1. The molecule has 4 nitrogen and oxygen atoms in total. The van der Waals surface area contributed by atoms with Crippen LogP contribution in [-0.2, 0) is 17.8 Å². The van der Waals surface area contributed by atoms with Crippen molar-refractivity contribution in [3.8, 4) is 0 Å². The van der Waals surface area contributed by atoms with Gasteiger partial charge in [-0.1, -0.05) is 17.7 Å². The molecular weight excluding hydrogens is 341 g/mol. The predicted octanol–water partition coefficient (Wildman–Crippen LogP) is 4.00. The molecule has 1 fully saturated rings. The molecule has 1 unspecified atom stereocenters. The van der Waals surface area contributed by atoms with Crippen LogP contribution in [0.1, 0.15) is 37.1 Å². The van der Waals surface area contributed by atoms with Gasteiger partial charge in [0.05, 0.1) is 6.42 Å². The smallest absolute Gasteiger partial charge is 0.227 e. The zero-order valence-electron chi connectivity index (χ0n) is 14.4. The number of aromatic nitrogens is 2. The molecule has 1 aliphatic heterocycles. The minimum Gasteiger partial charge on any atom is -0.339 e. The third-order valence-electron chi connectivity index (χ3n) is 4.96. The van der Waals surface area contributed by atoms with Crippen LogP contribution in [0.2, 0.25) is 5.02 Å². The van der Waals surface area contributed by atoms with Crippen molar-refractivity contribution in [3.05, 3.63) is 52.8 Å². The summed E-state index contributed by atoms with van der Waals surface area (Å²) in [5.74, 6) is 0.523. The van der Waals surface area contributed by atoms with Gasteiger partial charge in [-0.2, -0.15) is 0 Å². The minimum atomic E-state index is -0.413. The lowest BCUT2D eigenvalue weighted by atomic mass is 9.98. The lowest BCUT2D eigenvalue weighted by Crippen LogP contribution is -2.45. The average Bonchev–Trinajstić information content (AvgIpc) is 3.01. The Kier molecular flexibility index (Phi) is 5.74. The molecule has 1 aliphatic rings. The van der Waals surface area contributed by atoms with Crippen molar-refractivity contribution in [2.45, 2.75) is 51.6 Å². The molecule has 2 heterocycles. The highest BCUT2D eigenvalue weighted by Gasteiger charge is 2.27. The van der Waals surface area contributed by atoms with Crippen LogP contribution in [0.4, 0.5) is 4.39 Å². The van der Waals surface area contributed by atoms with Crippen molar-refractivity contribution in [3.63, 3.8) is 0 Å². The predicted molar refractivity (Wildman–Crippen MR) is 96.0 cm³/mol. The van der Waals surface area contributed by atoms with Gasteiger partial charge >= 0.3 is 0 Å². The van der Waals surface area contributed by atoms with Crippen LogP contribution in [0.15, 0.2) is 30.6 Å². The third kappa shape index (κ3) is 4.21. The summed E-state index contributed by atoms with van der Waals surface area (Å²) in [5, 5.41) is 0.316. The molecule has 0 N–H and O–H groups in total. The number of aryl methyl sites for hydroxylation is 2. The number of nitrogens with zero attached hydrogens (tertiary/aromatic N) is 3. The van der Waals surface area contributed by atoms with E-state index in [0.717, 1.165) is 44.6 Å². The van der Waals surface area contributed by atoms with Gasteiger partial charge in [0, 0.05) is 42.1 Å². The van der Waals surface area contributed by atoms with Gasteiger partial charge in [0.25, 0.3) is 0 Å². The van der Waals surface area contributed by atoms with Crippen molar-refractivity contribution in [2.24, 2.45) is 0 Å². The molecule has 1 aromatic heterocycles. The topological polar surface area (TPSA) is 38.1 Å². The summed E-state index contributed by atoms with van der Waals surface area (Å²) in [5.41, 5.74) is 0.295. The quantitative estimate of drug-likeness (QED) is 0.805. The Morgan fingerprint density at radius 2 is 2.24 bits per heavy atom. The lowest BCUT2D eigenvalue weighted by Gasteiger charge is -2.36. The number of carbonyl (C=O) groups excluding carboxylic acids is 1. The summed E-state index contributed by atoms with van der Waals surface area (Å²) in [6.45, 7) is 3.54. The van der Waals surface area contributed by atoms with E-state index in [1.807, 2.05) is 18.0 Å². The standard InChI is InChI=1S/C19H23ClFN3O/c1-14-22-9-12-23(14)11-8-15-5-2-3-10-24(15)19(25)13-16-17(20)6-4-7-18(16)21/h4,6-7,9,12,15H,2-3,5,8,10-11,13H2,1H3. The van der Waals surface area contributed by atoms with E-state index in [2.05, 4.69) is 9.55 Å². The van der Waals surface area contributed by atoms with E-state index in [4.69, 9.17) is 11.6 Å². The number of hydrogen-bond acceptors (Lipinski definition) is 2. The highest BCUT2D eigenvalue weighted by Crippen LogP contribution is 2.24. The number of likely N-dealkylation sites (tertiary alicyclic amines) is 1. The van der Waals surface area contributed by atoms with Gasteiger partial charge in [0.15, 0.2) is 0 Å². The highest BCUT2D eigenvalue weighted by molar-refractivity contribution is 6.31. The molecule has 0 spiro atoms. The molecule has 0 radical (unpaired) electrons. The number of hydrogen-bond donors (Lipinski definition) is 0. The Balaban J connectivity index is 1.67. The molecular formula is C19H23ClFN3O. The van der Waals surface area contributed by atoms with Crippen LogP contribution in [0.25, 0.3) is 0 Å². The van der Waals surface area contributed by atoms with Crippen LogP contribution in [0, 0.1) is 12.7 Å². The van der Waals surface area contributed by atoms with Crippen molar-refractivity contribution < 1.29 is 9.18 Å². The van der Waals surface area contributed by atoms with Crippen LogP contribution in [0.3, 0.4) is 0 Å². The first-order chi connectivity index (χ1) is 12.1. The van der Waals surface area contributed by atoms with Gasteiger partial charge in [0.2, 0.25) is 5.91 Å². The Morgan fingerprint density at radius 3 is 2.96 bits per heavy atom. The summed E-state index contributed by atoms with van der Waals surface area (Å²) in [4.78, 5) is 18.9. The number of imidazole rings is 1. The van der Waals surface area contributed by atoms with Crippen molar-refractivity contribution >= 4 is 17.5 Å². The molecule has 2 aromatic rings. The van der Waals surface area contributed by atoms with Gasteiger partial charge in [0.1, 0.15) is 11.6 Å². The Hall–Kier alpha value is -1.88. The maximum Gasteiger partial charge on any atom is 0.227 e. The number of amides is 1. The lowest BCUT2D eigenvalue weighted by molar-refractivity contribution is -0.134. The zero-order valence-corrected chi connectivity index (χ0v) is 15.2. The van der Waals surface area contributed by atoms with E-state index in [1.165, 1.54) is 6.07 Å². The van der Waals surface area contributed by atoms with Gasteiger partial charge in [-0.25, -0.2) is 9.37 Å². The first-order valence-corrected chi connectivity index (χ1v) is 9.14. The third-order valence-corrected chi connectivity index (χ3v) is 5.32. The molecule has 25 heavy (non-hydrogen) atoms.